The summed E-state index contributed by atoms with van der Waals surface area (Å²) in [4.78, 5) is 43.3. The number of benzene rings is 12. The minimum absolute atomic E-state index is 0.108. The van der Waals surface area contributed by atoms with Crippen LogP contribution in [0.1, 0.15) is 33.4 Å². The van der Waals surface area contributed by atoms with Crippen LogP contribution in [0.25, 0.3) is 125 Å². The van der Waals surface area contributed by atoms with Gasteiger partial charge < -0.3 is 0 Å². The molecule has 9 nitrogen and oxygen atoms in total. The van der Waals surface area contributed by atoms with E-state index in [2.05, 4.69) is 131 Å². The smallest absolute Gasteiger partial charge is 0.208 e. The lowest BCUT2D eigenvalue weighted by Gasteiger charge is -2.24. The second-order valence-electron chi connectivity index (χ2n) is 25.0. The van der Waals surface area contributed by atoms with E-state index in [1.807, 2.05) is 127 Å². The topological polar surface area (TPSA) is 116 Å². The van der Waals surface area contributed by atoms with Crippen LogP contribution in [0.3, 0.4) is 0 Å². The fourth-order valence-electron chi connectivity index (χ4n) is 13.0. The highest BCUT2D eigenvalue weighted by atomic mass is 19.1. The Bertz CT molecular complexity index is 5210. The van der Waals surface area contributed by atoms with Gasteiger partial charge in [0.15, 0.2) is 52.4 Å². The van der Waals surface area contributed by atoms with Gasteiger partial charge in [-0.25, -0.2) is 58.0 Å². The third kappa shape index (κ3) is 14.5. The highest BCUT2D eigenvalue weighted by Crippen LogP contribution is 2.33. The quantitative estimate of drug-likeness (QED) is 0.0981. The molecule has 100 heavy (non-hydrogen) atoms. The molecule has 13 heteroatoms. The van der Waals surface area contributed by atoms with Crippen molar-refractivity contribution in [1.82, 2.24) is 44.9 Å². The highest BCUT2D eigenvalue weighted by Gasteiger charge is 2.29. The predicted octanol–water partition coefficient (Wildman–Crippen LogP) is 19.0. The molecule has 0 saturated carbocycles. The van der Waals surface area contributed by atoms with Gasteiger partial charge >= 0.3 is 0 Å². The van der Waals surface area contributed by atoms with Gasteiger partial charge in [-0.15, -0.1) is 0 Å². The lowest BCUT2D eigenvalue weighted by atomic mass is 9.34. The van der Waals surface area contributed by atoms with Crippen LogP contribution in [0, 0.1) is 59.0 Å². The Balaban J connectivity index is 0.000000170. The van der Waals surface area contributed by atoms with E-state index in [0.29, 0.717) is 69.1 Å². The molecule has 0 radical (unpaired) electrons. The van der Waals surface area contributed by atoms with Crippen molar-refractivity contribution >= 4 is 23.1 Å². The standard InChI is InChI=1S/C45H38BF2N3.C42H27FN6/c1-27-23-29(3)41(30(4)24-27)46(42-31(5)25-28(2)26-32(42)6)38-17-11-34(12-18-38)33-7-9-35(10-8-33)43-49-44(36-13-19-39(47)20-14-36)51-45(50-43)37-15-21-40(48)22-16-37;43-36-24-22-31(23-25-36)40-45-39(30-16-8-3-9-17-30)48-42(49-40)35-21-11-19-33(27-35)32-18-10-20-34(26-32)41-46-37(28-12-4-1-5-13-28)44-38(47-41)29-14-6-2-7-15-29/h7-26H,1-6H3;1-27H. The van der Waals surface area contributed by atoms with Gasteiger partial charge in [0.1, 0.15) is 17.5 Å². The molecule has 0 spiro atoms. The number of hydrogen-bond donors (Lipinski definition) is 0. The summed E-state index contributed by atoms with van der Waals surface area (Å²) in [5.74, 6) is 3.61. The Morgan fingerprint density at radius 2 is 0.410 bits per heavy atom. The van der Waals surface area contributed by atoms with Crippen molar-refractivity contribution < 1.29 is 13.2 Å². The first kappa shape index (κ1) is 64.8. The van der Waals surface area contributed by atoms with Crippen molar-refractivity contribution in [3.8, 4) is 125 Å². The minimum atomic E-state index is -0.341. The van der Waals surface area contributed by atoms with E-state index in [1.165, 1.54) is 86.2 Å². The second-order valence-corrected chi connectivity index (χ2v) is 25.0. The summed E-state index contributed by atoms with van der Waals surface area (Å²) in [6, 6.07) is 90.4. The minimum Gasteiger partial charge on any atom is -0.208 e. The second kappa shape index (κ2) is 28.7. The Morgan fingerprint density at radius 1 is 0.200 bits per heavy atom. The molecular formula is C87H65BF3N9. The number of nitrogens with zero attached hydrogens (tertiary/aromatic N) is 9. The molecule has 0 saturated heterocycles. The fraction of sp³-hybridized carbons (Fsp3) is 0.0690. The molecule has 0 unspecified atom stereocenters. The molecule has 15 rings (SSSR count). The van der Waals surface area contributed by atoms with Crippen LogP contribution in [0.4, 0.5) is 13.2 Å². The van der Waals surface area contributed by atoms with Gasteiger partial charge in [0.2, 0.25) is 6.71 Å². The molecule has 0 N–H and O–H groups in total. The van der Waals surface area contributed by atoms with Gasteiger partial charge in [0.25, 0.3) is 0 Å². The molecule has 0 bridgehead atoms. The van der Waals surface area contributed by atoms with Gasteiger partial charge in [-0.2, -0.15) is 0 Å². The van der Waals surface area contributed by atoms with Gasteiger partial charge in [-0.1, -0.05) is 250 Å². The molecule has 0 atom stereocenters. The average molecular weight is 1300 g/mol. The summed E-state index contributed by atoms with van der Waals surface area (Å²) in [7, 11) is 0. The third-order valence-corrected chi connectivity index (χ3v) is 17.7. The monoisotopic (exact) mass is 1300 g/mol. The van der Waals surface area contributed by atoms with E-state index in [9.17, 15) is 13.2 Å². The molecule has 482 valence electrons. The molecule has 12 aromatic carbocycles. The summed E-state index contributed by atoms with van der Waals surface area (Å²) in [6.07, 6.45) is 0. The summed E-state index contributed by atoms with van der Waals surface area (Å²) in [5, 5.41) is 0. The van der Waals surface area contributed by atoms with E-state index < -0.39 is 0 Å². The molecule has 0 aliphatic rings. The van der Waals surface area contributed by atoms with Crippen molar-refractivity contribution in [2.45, 2.75) is 41.5 Å². The molecular weight excluding hydrogens is 1240 g/mol. The molecule has 0 aliphatic heterocycles. The van der Waals surface area contributed by atoms with Crippen LogP contribution in [0.15, 0.2) is 285 Å². The maximum Gasteiger partial charge on any atom is 0.242 e. The fourth-order valence-corrected chi connectivity index (χ4v) is 13.0. The average Bonchev–Trinajstić information content (AvgIpc) is 0.779. The van der Waals surface area contributed by atoms with E-state index in [-0.39, 0.29) is 24.2 Å². The van der Waals surface area contributed by atoms with Gasteiger partial charge in [0, 0.05) is 50.1 Å². The Morgan fingerprint density at radius 3 is 0.690 bits per heavy atom. The Kier molecular flexibility index (Phi) is 18.6. The maximum absolute atomic E-state index is 13.8. The normalized spacial score (nSPS) is 11.1. The molecule has 0 aliphatic carbocycles. The van der Waals surface area contributed by atoms with Crippen molar-refractivity contribution in [3.05, 3.63) is 336 Å². The van der Waals surface area contributed by atoms with E-state index in [0.717, 1.165) is 55.6 Å². The predicted molar refractivity (Wildman–Crippen MR) is 399 cm³/mol. The molecule has 3 aromatic heterocycles. The van der Waals surface area contributed by atoms with Crippen molar-refractivity contribution in [1.29, 1.82) is 0 Å². The first-order valence-corrected chi connectivity index (χ1v) is 33.0. The molecule has 3 heterocycles. The number of hydrogen-bond acceptors (Lipinski definition) is 9. The van der Waals surface area contributed by atoms with Gasteiger partial charge in [-0.05, 0) is 149 Å². The van der Waals surface area contributed by atoms with Crippen LogP contribution >= 0.6 is 0 Å². The van der Waals surface area contributed by atoms with Crippen LogP contribution in [0.5, 0.6) is 0 Å². The van der Waals surface area contributed by atoms with Crippen LogP contribution in [-0.2, 0) is 0 Å². The summed E-state index contributed by atoms with van der Waals surface area (Å²) >= 11 is 0. The van der Waals surface area contributed by atoms with Gasteiger partial charge in [0.05, 0.1) is 0 Å². The Labute approximate surface area is 580 Å². The molecule has 15 aromatic rings. The lowest BCUT2D eigenvalue weighted by molar-refractivity contribution is 0.627. The van der Waals surface area contributed by atoms with Crippen molar-refractivity contribution in [2.24, 2.45) is 0 Å². The van der Waals surface area contributed by atoms with Crippen LogP contribution in [-0.4, -0.2) is 51.6 Å². The largest absolute Gasteiger partial charge is 0.242 e. The number of aryl methyl sites for hydroxylation is 6. The lowest BCUT2D eigenvalue weighted by Crippen LogP contribution is -2.55. The summed E-state index contributed by atoms with van der Waals surface area (Å²) < 4.78 is 41.2. The summed E-state index contributed by atoms with van der Waals surface area (Å²) in [6.45, 7) is 13.4. The van der Waals surface area contributed by atoms with E-state index in [4.69, 9.17) is 39.9 Å². The van der Waals surface area contributed by atoms with Crippen LogP contribution < -0.4 is 16.4 Å². The number of aromatic nitrogens is 9. The zero-order chi connectivity index (χ0) is 68.8. The van der Waals surface area contributed by atoms with E-state index in [1.54, 1.807) is 36.4 Å². The molecule has 0 fully saturated rings. The first-order chi connectivity index (χ1) is 48.7. The number of rotatable bonds is 14. The molecule has 0 amide bonds. The Hall–Kier alpha value is -12.5. The third-order valence-electron chi connectivity index (χ3n) is 17.7. The zero-order valence-electron chi connectivity index (χ0n) is 55.9. The number of halogens is 3. The highest BCUT2D eigenvalue weighted by molar-refractivity contribution is 6.96. The van der Waals surface area contributed by atoms with Gasteiger partial charge in [-0.3, -0.25) is 0 Å². The van der Waals surface area contributed by atoms with E-state index >= 15 is 0 Å². The summed E-state index contributed by atoms with van der Waals surface area (Å²) in [5.41, 5.74) is 23.1. The maximum atomic E-state index is 13.8. The van der Waals surface area contributed by atoms with Crippen molar-refractivity contribution in [2.75, 3.05) is 0 Å². The zero-order valence-corrected chi connectivity index (χ0v) is 55.9. The SMILES string of the molecule is Cc1cc(C)c(B(c2ccc(-c3ccc(-c4nc(-c5ccc(F)cc5)nc(-c5ccc(F)cc5)n4)cc3)cc2)c2c(C)cc(C)cc2C)c(C)c1.Fc1ccc(-c2nc(-c3ccccc3)nc(-c3cccc(-c4cccc(-c5nc(-c6ccccc6)nc(-c6ccccc6)n5)c4)c3)n2)cc1. The first-order valence-electron chi connectivity index (χ1n) is 33.0. The van der Waals surface area contributed by atoms with Crippen molar-refractivity contribution in [3.63, 3.8) is 0 Å². The van der Waals surface area contributed by atoms with Crippen LogP contribution in [0.2, 0.25) is 0 Å².